The van der Waals surface area contributed by atoms with Crippen molar-refractivity contribution < 1.29 is 0 Å². The minimum absolute atomic E-state index is 0.0295. The number of pyridine rings is 1. The molecule has 3 heteroatoms. The van der Waals surface area contributed by atoms with E-state index in [2.05, 4.69) is 0 Å². The molecular formula is C11H16N2O. The van der Waals surface area contributed by atoms with E-state index in [0.717, 1.165) is 5.69 Å². The van der Waals surface area contributed by atoms with Gasteiger partial charge >= 0.3 is 0 Å². The fourth-order valence-electron chi connectivity index (χ4n) is 1.87. The third-order valence-corrected chi connectivity index (χ3v) is 2.63. The van der Waals surface area contributed by atoms with E-state index in [-0.39, 0.29) is 11.6 Å². The van der Waals surface area contributed by atoms with Gasteiger partial charge in [-0.2, -0.15) is 0 Å². The molecule has 0 atom stereocenters. The van der Waals surface area contributed by atoms with Crippen molar-refractivity contribution in [1.29, 1.82) is 0 Å². The van der Waals surface area contributed by atoms with Gasteiger partial charge in [0.15, 0.2) is 0 Å². The molecular weight excluding hydrogens is 176 g/mol. The first-order chi connectivity index (χ1) is 6.59. The standard InChI is InChI=1S/C11H16N2O/c1-7(2)13-10(8-3-4-8)5-9(12)6-11(13)14/h5-8H,3-4,12H2,1-2H3. The van der Waals surface area contributed by atoms with Gasteiger partial charge in [-0.1, -0.05) is 0 Å². The van der Waals surface area contributed by atoms with Gasteiger partial charge in [-0.3, -0.25) is 4.79 Å². The molecule has 1 heterocycles. The Bertz CT molecular complexity index is 402. The predicted octanol–water partition coefficient (Wildman–Crippen LogP) is 1.89. The fraction of sp³-hybridized carbons (Fsp3) is 0.545. The van der Waals surface area contributed by atoms with Crippen molar-refractivity contribution in [2.24, 2.45) is 0 Å². The Balaban J connectivity index is 2.59. The zero-order valence-electron chi connectivity index (χ0n) is 8.66. The highest BCUT2D eigenvalue weighted by atomic mass is 16.1. The van der Waals surface area contributed by atoms with Gasteiger partial charge < -0.3 is 10.3 Å². The molecule has 1 fully saturated rings. The van der Waals surface area contributed by atoms with Crippen LogP contribution >= 0.6 is 0 Å². The molecule has 1 saturated carbocycles. The summed E-state index contributed by atoms with van der Waals surface area (Å²) < 4.78 is 1.86. The SMILES string of the molecule is CC(C)n1c(C2CC2)cc(N)cc1=O. The minimum Gasteiger partial charge on any atom is -0.399 e. The minimum atomic E-state index is 0.0295. The summed E-state index contributed by atoms with van der Waals surface area (Å²) >= 11 is 0. The fourth-order valence-corrected chi connectivity index (χ4v) is 1.87. The number of rotatable bonds is 2. The van der Waals surface area contributed by atoms with E-state index < -0.39 is 0 Å². The predicted molar refractivity (Wildman–Crippen MR) is 57.5 cm³/mol. The van der Waals surface area contributed by atoms with E-state index in [1.165, 1.54) is 18.9 Å². The maximum Gasteiger partial charge on any atom is 0.253 e. The Hall–Kier alpha value is -1.25. The number of aromatic nitrogens is 1. The van der Waals surface area contributed by atoms with Crippen molar-refractivity contribution in [2.45, 2.75) is 38.6 Å². The molecule has 0 unspecified atom stereocenters. The third kappa shape index (κ3) is 1.54. The summed E-state index contributed by atoms with van der Waals surface area (Å²) in [5, 5.41) is 0. The summed E-state index contributed by atoms with van der Waals surface area (Å²) in [6.07, 6.45) is 2.38. The van der Waals surface area contributed by atoms with Crippen molar-refractivity contribution in [3.63, 3.8) is 0 Å². The van der Waals surface area contributed by atoms with Crippen LogP contribution in [0.1, 0.15) is 44.3 Å². The van der Waals surface area contributed by atoms with Crippen molar-refractivity contribution >= 4 is 5.69 Å². The Morgan fingerprint density at radius 1 is 1.43 bits per heavy atom. The number of hydrogen-bond acceptors (Lipinski definition) is 2. The summed E-state index contributed by atoms with van der Waals surface area (Å²) in [5.41, 5.74) is 7.42. The molecule has 0 aromatic carbocycles. The third-order valence-electron chi connectivity index (χ3n) is 2.63. The first-order valence-corrected chi connectivity index (χ1v) is 5.11. The molecule has 1 aliphatic rings. The molecule has 14 heavy (non-hydrogen) atoms. The molecule has 0 aliphatic heterocycles. The lowest BCUT2D eigenvalue weighted by Crippen LogP contribution is -2.24. The highest BCUT2D eigenvalue weighted by Crippen LogP contribution is 2.40. The van der Waals surface area contributed by atoms with E-state index in [9.17, 15) is 4.79 Å². The lowest BCUT2D eigenvalue weighted by molar-refractivity contribution is 0.551. The number of nitrogens with zero attached hydrogens (tertiary/aromatic N) is 1. The summed E-state index contributed by atoms with van der Waals surface area (Å²) in [4.78, 5) is 11.7. The molecule has 1 aliphatic carbocycles. The van der Waals surface area contributed by atoms with Crippen LogP contribution in [0, 0.1) is 0 Å². The van der Waals surface area contributed by atoms with Crippen LogP contribution in [0.3, 0.4) is 0 Å². The van der Waals surface area contributed by atoms with Gasteiger partial charge in [-0.25, -0.2) is 0 Å². The van der Waals surface area contributed by atoms with Crippen molar-refractivity contribution in [3.05, 3.63) is 28.2 Å². The maximum absolute atomic E-state index is 11.7. The molecule has 76 valence electrons. The van der Waals surface area contributed by atoms with E-state index in [1.54, 1.807) is 0 Å². The number of anilines is 1. The van der Waals surface area contributed by atoms with Gasteiger partial charge in [0.2, 0.25) is 0 Å². The molecule has 0 amide bonds. The lowest BCUT2D eigenvalue weighted by Gasteiger charge is -2.16. The molecule has 0 radical (unpaired) electrons. The maximum atomic E-state index is 11.7. The Kier molecular flexibility index (Phi) is 2.10. The van der Waals surface area contributed by atoms with Crippen LogP contribution in [-0.2, 0) is 0 Å². The van der Waals surface area contributed by atoms with E-state index in [4.69, 9.17) is 5.73 Å². The average molecular weight is 192 g/mol. The highest BCUT2D eigenvalue weighted by molar-refractivity contribution is 5.40. The largest absolute Gasteiger partial charge is 0.399 e. The van der Waals surface area contributed by atoms with E-state index in [0.29, 0.717) is 11.6 Å². The number of nitrogens with two attached hydrogens (primary N) is 1. The molecule has 1 aromatic heterocycles. The normalized spacial score (nSPS) is 16.2. The van der Waals surface area contributed by atoms with Crippen molar-refractivity contribution in [3.8, 4) is 0 Å². The van der Waals surface area contributed by atoms with Crippen LogP contribution in [0.15, 0.2) is 16.9 Å². The Morgan fingerprint density at radius 2 is 2.07 bits per heavy atom. The smallest absolute Gasteiger partial charge is 0.253 e. The number of nitrogen functional groups attached to an aromatic ring is 1. The van der Waals surface area contributed by atoms with Crippen LogP contribution in [0.25, 0.3) is 0 Å². The molecule has 2 N–H and O–H groups in total. The highest BCUT2D eigenvalue weighted by Gasteiger charge is 2.27. The van der Waals surface area contributed by atoms with Crippen molar-refractivity contribution in [2.75, 3.05) is 5.73 Å². The van der Waals surface area contributed by atoms with Crippen LogP contribution in [-0.4, -0.2) is 4.57 Å². The van der Waals surface area contributed by atoms with Crippen LogP contribution in [0.2, 0.25) is 0 Å². The second-order valence-corrected chi connectivity index (χ2v) is 4.29. The summed E-state index contributed by atoms with van der Waals surface area (Å²) in [7, 11) is 0. The molecule has 1 aromatic rings. The van der Waals surface area contributed by atoms with Crippen molar-refractivity contribution in [1.82, 2.24) is 4.57 Å². The molecule has 0 spiro atoms. The van der Waals surface area contributed by atoms with Crippen LogP contribution < -0.4 is 11.3 Å². The number of hydrogen-bond donors (Lipinski definition) is 1. The zero-order chi connectivity index (χ0) is 10.3. The first kappa shape index (κ1) is 9.31. The monoisotopic (exact) mass is 192 g/mol. The molecule has 0 saturated heterocycles. The zero-order valence-corrected chi connectivity index (χ0v) is 8.66. The van der Waals surface area contributed by atoms with E-state index in [1.807, 2.05) is 24.5 Å². The Labute approximate surface area is 83.5 Å². The van der Waals surface area contributed by atoms with Gasteiger partial charge in [0.25, 0.3) is 5.56 Å². The summed E-state index contributed by atoms with van der Waals surface area (Å²) in [6, 6.07) is 3.67. The van der Waals surface area contributed by atoms with E-state index >= 15 is 0 Å². The van der Waals surface area contributed by atoms with Gasteiger partial charge in [0, 0.05) is 23.5 Å². The molecule has 2 rings (SSSR count). The quantitative estimate of drug-likeness (QED) is 0.777. The topological polar surface area (TPSA) is 48.0 Å². The first-order valence-electron chi connectivity index (χ1n) is 5.11. The molecule has 3 nitrogen and oxygen atoms in total. The van der Waals surface area contributed by atoms with Gasteiger partial charge in [0.1, 0.15) is 0 Å². The summed E-state index contributed by atoms with van der Waals surface area (Å²) in [5.74, 6) is 0.564. The van der Waals surface area contributed by atoms with Crippen LogP contribution in [0.4, 0.5) is 5.69 Å². The second kappa shape index (κ2) is 3.15. The Morgan fingerprint density at radius 3 is 2.57 bits per heavy atom. The lowest BCUT2D eigenvalue weighted by atomic mass is 10.2. The van der Waals surface area contributed by atoms with Gasteiger partial charge in [0.05, 0.1) is 0 Å². The summed E-state index contributed by atoms with van der Waals surface area (Å²) in [6.45, 7) is 4.06. The average Bonchev–Trinajstić information content (AvgIpc) is 2.82. The molecule has 0 bridgehead atoms. The van der Waals surface area contributed by atoms with Gasteiger partial charge in [-0.05, 0) is 38.7 Å². The second-order valence-electron chi connectivity index (χ2n) is 4.29. The van der Waals surface area contributed by atoms with Crippen LogP contribution in [0.5, 0.6) is 0 Å². The van der Waals surface area contributed by atoms with Gasteiger partial charge in [-0.15, -0.1) is 0 Å².